The Morgan fingerprint density at radius 1 is 1.09 bits per heavy atom. The Balaban J connectivity index is 1.48. The summed E-state index contributed by atoms with van der Waals surface area (Å²) in [4.78, 5) is 11.0. The molecule has 0 bridgehead atoms. The Hall–Kier alpha value is -1.31. The molecule has 124 valence electrons. The van der Waals surface area contributed by atoms with Gasteiger partial charge in [0.2, 0.25) is 0 Å². The second-order valence-electron chi connectivity index (χ2n) is 6.50. The molecule has 0 N–H and O–H groups in total. The fourth-order valence-corrected chi connectivity index (χ4v) is 5.52. The molecule has 0 aliphatic carbocycles. The Morgan fingerprint density at radius 3 is 2.57 bits per heavy atom. The van der Waals surface area contributed by atoms with E-state index >= 15 is 0 Å². The number of hydrogen-bond donors (Lipinski definition) is 0. The number of fused-ring (bicyclic) bond motifs is 1. The largest absolute Gasteiger partial charge is 0.300 e. The summed E-state index contributed by atoms with van der Waals surface area (Å²) in [5.74, 6) is 0. The predicted molar refractivity (Wildman–Crippen MR) is 88.8 cm³/mol. The monoisotopic (exact) mass is 334 g/mol. The van der Waals surface area contributed by atoms with Crippen molar-refractivity contribution in [2.24, 2.45) is 4.99 Å². The van der Waals surface area contributed by atoms with Gasteiger partial charge in [-0.15, -0.1) is 0 Å². The minimum Gasteiger partial charge on any atom is -0.300 e. The number of rotatable bonds is 2. The molecular weight excluding hydrogens is 312 g/mol. The fourth-order valence-electron chi connectivity index (χ4n) is 3.89. The van der Waals surface area contributed by atoms with Gasteiger partial charge in [0.25, 0.3) is 10.0 Å². The van der Waals surface area contributed by atoms with Gasteiger partial charge in [-0.05, 0) is 50.9 Å². The van der Waals surface area contributed by atoms with Crippen LogP contribution in [0.3, 0.4) is 0 Å². The van der Waals surface area contributed by atoms with Gasteiger partial charge in [0.1, 0.15) is 0 Å². The van der Waals surface area contributed by atoms with Crippen molar-refractivity contribution in [3.63, 3.8) is 0 Å². The number of nitrogens with zero attached hydrogens (tertiary/aromatic N) is 4. The van der Waals surface area contributed by atoms with Gasteiger partial charge in [0.15, 0.2) is 5.04 Å². The standard InChI is InChI=1S/C16H22N4O2S/c21-23(22,16-14-4-3-7-17-15(14)12-18-16)20-10-5-13(6-11-20)19-8-1-2-9-19/h3-4,7,13H,1-2,5-6,8-12H2. The van der Waals surface area contributed by atoms with E-state index in [0.717, 1.165) is 18.5 Å². The van der Waals surface area contributed by atoms with Gasteiger partial charge in [0.05, 0.1) is 12.2 Å². The number of aliphatic imine (C=N–C) groups is 1. The molecule has 3 aliphatic heterocycles. The van der Waals surface area contributed by atoms with Gasteiger partial charge in [-0.25, -0.2) is 8.42 Å². The maximum absolute atomic E-state index is 12.9. The quantitative estimate of drug-likeness (QED) is 0.816. The number of pyridine rings is 1. The predicted octanol–water partition coefficient (Wildman–Crippen LogP) is 1.23. The first kappa shape index (κ1) is 15.2. The maximum atomic E-state index is 12.9. The highest BCUT2D eigenvalue weighted by atomic mass is 32.2. The molecule has 4 rings (SSSR count). The van der Waals surface area contributed by atoms with E-state index < -0.39 is 10.0 Å². The van der Waals surface area contributed by atoms with Crippen molar-refractivity contribution in [2.75, 3.05) is 26.2 Å². The molecule has 0 spiro atoms. The Labute approximate surface area is 137 Å². The molecule has 0 aromatic carbocycles. The van der Waals surface area contributed by atoms with Gasteiger partial charge >= 0.3 is 0 Å². The van der Waals surface area contributed by atoms with Crippen LogP contribution in [0.1, 0.15) is 36.9 Å². The van der Waals surface area contributed by atoms with Crippen molar-refractivity contribution in [2.45, 2.75) is 38.3 Å². The molecule has 0 radical (unpaired) electrons. The highest BCUT2D eigenvalue weighted by Gasteiger charge is 2.37. The molecule has 4 heterocycles. The summed E-state index contributed by atoms with van der Waals surface area (Å²) in [6.07, 6.45) is 6.09. The SMILES string of the molecule is O=S(=O)(C1=NCc2ncccc21)N1CCC(N2CCCC2)CC1. The minimum absolute atomic E-state index is 0.209. The lowest BCUT2D eigenvalue weighted by Crippen LogP contribution is -2.47. The number of piperidine rings is 1. The lowest BCUT2D eigenvalue weighted by molar-refractivity contribution is 0.168. The van der Waals surface area contributed by atoms with Crippen molar-refractivity contribution in [3.05, 3.63) is 29.6 Å². The third kappa shape index (κ3) is 2.70. The average Bonchev–Trinajstić information content (AvgIpc) is 3.25. The molecule has 23 heavy (non-hydrogen) atoms. The van der Waals surface area contributed by atoms with E-state index in [9.17, 15) is 8.42 Å². The van der Waals surface area contributed by atoms with Crippen LogP contribution in [0, 0.1) is 0 Å². The van der Waals surface area contributed by atoms with Crippen LogP contribution >= 0.6 is 0 Å². The topological polar surface area (TPSA) is 65.9 Å². The fraction of sp³-hybridized carbons (Fsp3) is 0.625. The van der Waals surface area contributed by atoms with E-state index in [1.165, 1.54) is 25.9 Å². The summed E-state index contributed by atoms with van der Waals surface area (Å²) < 4.78 is 27.5. The number of hydrogen-bond acceptors (Lipinski definition) is 5. The normalized spacial score (nSPS) is 23.9. The van der Waals surface area contributed by atoms with Crippen molar-refractivity contribution in [1.29, 1.82) is 0 Å². The first-order valence-electron chi connectivity index (χ1n) is 8.39. The van der Waals surface area contributed by atoms with E-state index in [1.807, 2.05) is 6.07 Å². The molecule has 3 aliphatic rings. The molecule has 0 unspecified atom stereocenters. The van der Waals surface area contributed by atoms with Crippen molar-refractivity contribution in [3.8, 4) is 0 Å². The summed E-state index contributed by atoms with van der Waals surface area (Å²) in [6, 6.07) is 4.13. The lowest BCUT2D eigenvalue weighted by atomic mass is 10.1. The molecule has 1 aromatic rings. The van der Waals surface area contributed by atoms with Crippen LogP contribution in [0.4, 0.5) is 0 Å². The molecule has 1 aromatic heterocycles. The Kier molecular flexibility index (Phi) is 3.95. The van der Waals surface area contributed by atoms with Gasteiger partial charge in [-0.3, -0.25) is 9.98 Å². The van der Waals surface area contributed by atoms with E-state index in [-0.39, 0.29) is 5.04 Å². The molecular formula is C16H22N4O2S. The van der Waals surface area contributed by atoms with Crippen LogP contribution in [0.5, 0.6) is 0 Å². The van der Waals surface area contributed by atoms with E-state index in [1.54, 1.807) is 16.6 Å². The highest BCUT2D eigenvalue weighted by Crippen LogP contribution is 2.26. The molecule has 0 saturated carbocycles. The zero-order chi connectivity index (χ0) is 15.9. The maximum Gasteiger partial charge on any atom is 0.260 e. The first-order valence-corrected chi connectivity index (χ1v) is 9.83. The van der Waals surface area contributed by atoms with Crippen LogP contribution in [0.15, 0.2) is 23.3 Å². The van der Waals surface area contributed by atoms with Gasteiger partial charge in [-0.1, -0.05) is 0 Å². The van der Waals surface area contributed by atoms with Crippen LogP contribution < -0.4 is 0 Å². The minimum atomic E-state index is -3.50. The van der Waals surface area contributed by atoms with Gasteiger partial charge < -0.3 is 4.90 Å². The number of sulfonamides is 1. The van der Waals surface area contributed by atoms with Crippen molar-refractivity contribution >= 4 is 15.1 Å². The van der Waals surface area contributed by atoms with Crippen molar-refractivity contribution in [1.82, 2.24) is 14.2 Å². The molecule has 2 fully saturated rings. The van der Waals surface area contributed by atoms with Crippen LogP contribution in [-0.2, 0) is 16.6 Å². The van der Waals surface area contributed by atoms with Crippen molar-refractivity contribution < 1.29 is 8.42 Å². The second kappa shape index (κ2) is 5.96. The summed E-state index contributed by atoms with van der Waals surface area (Å²) in [7, 11) is -3.50. The number of likely N-dealkylation sites (tertiary alicyclic amines) is 1. The zero-order valence-electron chi connectivity index (χ0n) is 13.2. The Morgan fingerprint density at radius 2 is 1.83 bits per heavy atom. The summed E-state index contributed by atoms with van der Waals surface area (Å²) in [5.41, 5.74) is 1.44. The van der Waals surface area contributed by atoms with Gasteiger partial charge in [0, 0.05) is 30.9 Å². The molecule has 6 nitrogen and oxygen atoms in total. The van der Waals surface area contributed by atoms with Crippen LogP contribution in [-0.4, -0.2) is 59.9 Å². The van der Waals surface area contributed by atoms with E-state index in [0.29, 0.717) is 31.2 Å². The first-order chi connectivity index (χ1) is 11.2. The highest BCUT2D eigenvalue weighted by molar-refractivity contribution is 8.05. The molecule has 7 heteroatoms. The summed E-state index contributed by atoms with van der Waals surface area (Å²) >= 11 is 0. The summed E-state index contributed by atoms with van der Waals surface area (Å²) in [5, 5.41) is 0.209. The second-order valence-corrected chi connectivity index (χ2v) is 8.35. The lowest BCUT2D eigenvalue weighted by Gasteiger charge is -2.35. The average molecular weight is 334 g/mol. The number of aromatic nitrogens is 1. The molecule has 2 saturated heterocycles. The van der Waals surface area contributed by atoms with E-state index in [2.05, 4.69) is 14.9 Å². The molecule has 0 atom stereocenters. The van der Waals surface area contributed by atoms with Crippen LogP contribution in [0.25, 0.3) is 0 Å². The van der Waals surface area contributed by atoms with Crippen LogP contribution in [0.2, 0.25) is 0 Å². The van der Waals surface area contributed by atoms with Gasteiger partial charge in [-0.2, -0.15) is 4.31 Å². The molecule has 0 amide bonds. The summed E-state index contributed by atoms with van der Waals surface area (Å²) in [6.45, 7) is 3.90. The zero-order valence-corrected chi connectivity index (χ0v) is 14.0. The Bertz CT molecular complexity index is 717. The third-order valence-electron chi connectivity index (χ3n) is 5.16. The smallest absolute Gasteiger partial charge is 0.260 e. The third-order valence-corrected chi connectivity index (χ3v) is 7.04. The van der Waals surface area contributed by atoms with E-state index in [4.69, 9.17) is 0 Å².